The summed E-state index contributed by atoms with van der Waals surface area (Å²) in [4.78, 5) is 29.4. The smallest absolute Gasteiger partial charge is 0.240 e. The number of nitrogens with zero attached hydrogens (tertiary/aromatic N) is 5. The fourth-order valence-corrected chi connectivity index (χ4v) is 5.41. The largest absolute Gasteiger partial charge is 0.367 e. The molecule has 1 amide bonds. The number of fused-ring (bicyclic) bond motifs is 1. The van der Waals surface area contributed by atoms with Crippen LogP contribution in [0.4, 0.5) is 5.69 Å². The molecule has 1 saturated heterocycles. The maximum atomic E-state index is 12.8. The normalized spacial score (nSPS) is 18.1. The molecule has 0 atom stereocenters. The number of rotatable bonds is 3. The molecule has 6 rings (SSSR count). The summed E-state index contributed by atoms with van der Waals surface area (Å²) in [7, 11) is 0. The van der Waals surface area contributed by atoms with E-state index in [1.54, 1.807) is 0 Å². The van der Waals surface area contributed by atoms with Crippen LogP contribution in [-0.2, 0) is 4.79 Å². The SMILES string of the molecule is Cc1cccc(-c2n[nH]cc2-c2ccc3ncc(N4CCNC(=O)C5(CCCC5)NCC4)cc3n2)n1. The van der Waals surface area contributed by atoms with Crippen LogP contribution in [0.2, 0.25) is 0 Å². The molecule has 3 N–H and O–H groups in total. The van der Waals surface area contributed by atoms with Crippen LogP contribution in [0, 0.1) is 6.92 Å². The zero-order chi connectivity index (χ0) is 24.5. The van der Waals surface area contributed by atoms with E-state index in [2.05, 4.69) is 41.8 Å². The van der Waals surface area contributed by atoms with Gasteiger partial charge in [0.05, 0.1) is 39.8 Å². The van der Waals surface area contributed by atoms with Crippen molar-refractivity contribution in [3.63, 3.8) is 0 Å². The molecule has 0 bridgehead atoms. The fourth-order valence-electron chi connectivity index (χ4n) is 5.41. The molecule has 0 unspecified atom stereocenters. The molecule has 184 valence electrons. The monoisotopic (exact) mass is 482 g/mol. The number of aryl methyl sites for hydroxylation is 1. The summed E-state index contributed by atoms with van der Waals surface area (Å²) in [6, 6.07) is 12.0. The van der Waals surface area contributed by atoms with Gasteiger partial charge < -0.3 is 15.5 Å². The van der Waals surface area contributed by atoms with Gasteiger partial charge in [-0.1, -0.05) is 18.9 Å². The topological polar surface area (TPSA) is 112 Å². The molecule has 0 radical (unpaired) electrons. The van der Waals surface area contributed by atoms with Crippen LogP contribution in [0.25, 0.3) is 33.7 Å². The van der Waals surface area contributed by atoms with Crippen LogP contribution < -0.4 is 15.5 Å². The van der Waals surface area contributed by atoms with Gasteiger partial charge in [0.25, 0.3) is 0 Å². The van der Waals surface area contributed by atoms with Crippen molar-refractivity contribution in [1.29, 1.82) is 0 Å². The first-order valence-electron chi connectivity index (χ1n) is 12.6. The van der Waals surface area contributed by atoms with Gasteiger partial charge >= 0.3 is 0 Å². The van der Waals surface area contributed by atoms with Gasteiger partial charge in [0.15, 0.2) is 0 Å². The van der Waals surface area contributed by atoms with E-state index in [0.29, 0.717) is 6.54 Å². The van der Waals surface area contributed by atoms with E-state index in [1.165, 1.54) is 0 Å². The maximum Gasteiger partial charge on any atom is 0.240 e. The van der Waals surface area contributed by atoms with E-state index in [1.807, 2.05) is 49.6 Å². The Labute approximate surface area is 209 Å². The van der Waals surface area contributed by atoms with Crippen molar-refractivity contribution >= 4 is 22.6 Å². The summed E-state index contributed by atoms with van der Waals surface area (Å²) in [5.74, 6) is 0.142. The molecule has 1 aliphatic heterocycles. The number of hydrogen-bond acceptors (Lipinski definition) is 7. The third kappa shape index (κ3) is 4.19. The van der Waals surface area contributed by atoms with E-state index in [9.17, 15) is 4.79 Å². The number of amides is 1. The number of carbonyl (C=O) groups is 1. The molecule has 9 nitrogen and oxygen atoms in total. The summed E-state index contributed by atoms with van der Waals surface area (Å²) in [6.07, 6.45) is 7.79. The summed E-state index contributed by atoms with van der Waals surface area (Å²) in [5, 5.41) is 14.1. The highest BCUT2D eigenvalue weighted by molar-refractivity contribution is 5.87. The minimum absolute atomic E-state index is 0.142. The van der Waals surface area contributed by atoms with E-state index in [4.69, 9.17) is 4.98 Å². The number of anilines is 1. The van der Waals surface area contributed by atoms with Crippen LogP contribution in [0.3, 0.4) is 0 Å². The molecule has 1 saturated carbocycles. The minimum Gasteiger partial charge on any atom is -0.367 e. The van der Waals surface area contributed by atoms with Gasteiger partial charge in [-0.15, -0.1) is 0 Å². The summed E-state index contributed by atoms with van der Waals surface area (Å²) < 4.78 is 0. The Morgan fingerprint density at radius 2 is 1.83 bits per heavy atom. The van der Waals surface area contributed by atoms with Crippen LogP contribution in [0.15, 0.2) is 48.8 Å². The lowest BCUT2D eigenvalue weighted by molar-refractivity contribution is -0.127. The molecule has 1 aliphatic carbocycles. The first kappa shape index (κ1) is 22.6. The quantitative estimate of drug-likeness (QED) is 0.411. The molecular formula is C27H30N8O. The highest BCUT2D eigenvalue weighted by Crippen LogP contribution is 2.31. The van der Waals surface area contributed by atoms with Gasteiger partial charge in [-0.2, -0.15) is 5.10 Å². The summed E-state index contributed by atoms with van der Waals surface area (Å²) in [5.41, 5.74) is 6.49. The van der Waals surface area contributed by atoms with Crippen LogP contribution in [0.5, 0.6) is 0 Å². The number of nitrogens with one attached hydrogen (secondary N) is 3. The van der Waals surface area contributed by atoms with Crippen molar-refractivity contribution < 1.29 is 4.79 Å². The predicted octanol–water partition coefficient (Wildman–Crippen LogP) is 3.23. The zero-order valence-corrected chi connectivity index (χ0v) is 20.4. The first-order valence-corrected chi connectivity index (χ1v) is 12.6. The van der Waals surface area contributed by atoms with Crippen molar-refractivity contribution in [2.75, 3.05) is 31.1 Å². The Kier molecular flexibility index (Phi) is 5.85. The number of hydrogen-bond donors (Lipinski definition) is 3. The van der Waals surface area contributed by atoms with Gasteiger partial charge in [-0.3, -0.25) is 19.9 Å². The lowest BCUT2D eigenvalue weighted by Gasteiger charge is -2.28. The second-order valence-corrected chi connectivity index (χ2v) is 9.70. The lowest BCUT2D eigenvalue weighted by atomic mass is 9.96. The average molecular weight is 483 g/mol. The van der Waals surface area contributed by atoms with Crippen molar-refractivity contribution in [1.82, 2.24) is 35.8 Å². The average Bonchev–Trinajstić information content (AvgIpc) is 3.58. The Morgan fingerprint density at radius 3 is 2.69 bits per heavy atom. The van der Waals surface area contributed by atoms with Crippen molar-refractivity contribution in [2.45, 2.75) is 38.1 Å². The van der Waals surface area contributed by atoms with E-state index in [0.717, 1.165) is 90.4 Å². The minimum atomic E-state index is -0.400. The molecule has 5 heterocycles. The van der Waals surface area contributed by atoms with Gasteiger partial charge in [0, 0.05) is 43.6 Å². The second kappa shape index (κ2) is 9.31. The molecule has 0 aromatic carbocycles. The molecule has 4 aromatic rings. The lowest BCUT2D eigenvalue weighted by Crippen LogP contribution is -2.55. The Hall–Kier alpha value is -3.85. The van der Waals surface area contributed by atoms with E-state index >= 15 is 0 Å². The fraction of sp³-hybridized carbons (Fsp3) is 0.370. The molecule has 1 spiro atoms. The predicted molar refractivity (Wildman–Crippen MR) is 140 cm³/mol. The van der Waals surface area contributed by atoms with Gasteiger partial charge in [-0.05, 0) is 50.1 Å². The van der Waals surface area contributed by atoms with Gasteiger partial charge in [0.2, 0.25) is 5.91 Å². The second-order valence-electron chi connectivity index (χ2n) is 9.70. The van der Waals surface area contributed by atoms with Gasteiger partial charge in [0.1, 0.15) is 5.69 Å². The number of aromatic amines is 1. The Balaban J connectivity index is 1.29. The zero-order valence-electron chi connectivity index (χ0n) is 20.4. The van der Waals surface area contributed by atoms with Crippen LogP contribution in [0.1, 0.15) is 31.4 Å². The third-order valence-electron chi connectivity index (χ3n) is 7.34. The van der Waals surface area contributed by atoms with Crippen LogP contribution >= 0.6 is 0 Å². The third-order valence-corrected chi connectivity index (χ3v) is 7.34. The molecule has 4 aromatic heterocycles. The number of H-pyrrole nitrogens is 1. The standard InChI is InChI=1S/C27H30N8O/c1-18-5-4-6-23(32-18)25-20(17-31-34-25)21-7-8-22-24(33-21)15-19(16-29-22)35-13-11-28-26(36)27(30-12-14-35)9-2-3-10-27/h4-8,15-17,30H,2-3,9-14H2,1H3,(H,28,36)(H,31,34). The first-order chi connectivity index (χ1) is 17.6. The Morgan fingerprint density at radius 1 is 0.972 bits per heavy atom. The summed E-state index contributed by atoms with van der Waals surface area (Å²) >= 11 is 0. The van der Waals surface area contributed by atoms with E-state index < -0.39 is 5.54 Å². The van der Waals surface area contributed by atoms with E-state index in [-0.39, 0.29) is 5.91 Å². The summed E-state index contributed by atoms with van der Waals surface area (Å²) in [6.45, 7) is 4.85. The Bertz CT molecular complexity index is 1410. The maximum absolute atomic E-state index is 12.8. The molecule has 9 heteroatoms. The van der Waals surface area contributed by atoms with Crippen molar-refractivity contribution in [3.8, 4) is 22.6 Å². The number of carbonyl (C=O) groups excluding carboxylic acids is 1. The van der Waals surface area contributed by atoms with Crippen molar-refractivity contribution in [3.05, 3.63) is 54.5 Å². The van der Waals surface area contributed by atoms with Gasteiger partial charge in [-0.25, -0.2) is 4.98 Å². The highest BCUT2D eigenvalue weighted by atomic mass is 16.2. The molecule has 36 heavy (non-hydrogen) atoms. The molecular weight excluding hydrogens is 452 g/mol. The van der Waals surface area contributed by atoms with Crippen LogP contribution in [-0.4, -0.2) is 62.8 Å². The number of pyridine rings is 3. The molecule has 2 fully saturated rings. The number of aromatic nitrogens is 5. The van der Waals surface area contributed by atoms with Crippen molar-refractivity contribution in [2.24, 2.45) is 0 Å². The highest BCUT2D eigenvalue weighted by Gasteiger charge is 2.40. The molecule has 2 aliphatic rings.